The van der Waals surface area contributed by atoms with Crippen LogP contribution in [0.15, 0.2) is 0 Å². The number of aliphatic hydroxyl groups is 5. The maximum Gasteiger partial charge on any atom is 0.404 e. The monoisotopic (exact) mass is 631 g/mol. The van der Waals surface area contributed by atoms with E-state index in [1.165, 1.54) is 7.11 Å². The average Bonchev–Trinajstić information content (AvgIpc) is 2.94. The Morgan fingerprint density at radius 3 is 1.79 bits per heavy atom. The van der Waals surface area contributed by atoms with Crippen molar-refractivity contribution in [3.8, 4) is 0 Å². The smallest absolute Gasteiger partial charge is 0.404 e. The molecule has 7 N–H and O–H groups in total. The van der Waals surface area contributed by atoms with Gasteiger partial charge in [-0.1, -0.05) is 0 Å². The molecule has 2 fully saturated rings. The highest BCUT2D eigenvalue weighted by atomic mass is 16.8. The first kappa shape index (κ1) is 37.9. The van der Waals surface area contributed by atoms with Gasteiger partial charge < -0.3 is 78.6 Å². The van der Waals surface area contributed by atoms with Gasteiger partial charge >= 0.3 is 6.09 Å². The summed E-state index contributed by atoms with van der Waals surface area (Å²) in [5.74, 6) is 0. The molecule has 17 heteroatoms. The lowest BCUT2D eigenvalue weighted by Crippen LogP contribution is -2.66. The van der Waals surface area contributed by atoms with Crippen molar-refractivity contribution in [1.29, 1.82) is 0 Å². The first-order chi connectivity index (χ1) is 20.5. The van der Waals surface area contributed by atoms with E-state index in [-0.39, 0.29) is 66.1 Å². The van der Waals surface area contributed by atoms with Gasteiger partial charge in [0.2, 0.25) is 0 Å². The van der Waals surface area contributed by atoms with Crippen LogP contribution in [-0.2, 0) is 47.4 Å². The largest absolute Gasteiger partial charge is 0.447 e. The summed E-state index contributed by atoms with van der Waals surface area (Å²) in [6.45, 7) is 3.79. The van der Waals surface area contributed by atoms with Crippen LogP contribution < -0.4 is 5.73 Å². The minimum absolute atomic E-state index is 0.00928. The molecule has 10 atom stereocenters. The summed E-state index contributed by atoms with van der Waals surface area (Å²) in [6.07, 6.45) is -12.5. The normalized spacial score (nSPS) is 33.4. The third-order valence-electron chi connectivity index (χ3n) is 6.32. The standard InChI is InChI=1S/C26H49NO16/c1-26(2,3)43-20-16(14-35-8-5-28)41-24(18(32)22(20)38-10-7-30)42-19-15(13-36-11-12-39-25(27)33)40-23(34-4)17(31)21(19)37-9-6-29/h15-24,28-32H,5-14H2,1-4H3,(H2,27,33)/t15?,16?,17?,18?,19-,20-,21?,22?,23+,24-/m1/s1. The molecule has 2 aliphatic rings. The molecule has 2 aliphatic heterocycles. The predicted octanol–water partition coefficient (Wildman–Crippen LogP) is -2.75. The van der Waals surface area contributed by atoms with E-state index in [9.17, 15) is 30.3 Å². The zero-order chi connectivity index (χ0) is 32.0. The summed E-state index contributed by atoms with van der Waals surface area (Å²) < 4.78 is 57.1. The Hall–Kier alpha value is -1.29. The van der Waals surface area contributed by atoms with E-state index in [0.717, 1.165) is 0 Å². The fourth-order valence-corrected chi connectivity index (χ4v) is 4.66. The fraction of sp³-hybridized carbons (Fsp3) is 0.962. The van der Waals surface area contributed by atoms with Crippen LogP contribution in [0.5, 0.6) is 0 Å². The van der Waals surface area contributed by atoms with Crippen LogP contribution in [0.1, 0.15) is 20.8 Å². The molecule has 0 radical (unpaired) electrons. The molecule has 2 heterocycles. The Bertz CT molecular complexity index is 772. The van der Waals surface area contributed by atoms with Gasteiger partial charge in [0, 0.05) is 7.11 Å². The molecule has 0 aliphatic carbocycles. The number of hydrogen-bond acceptors (Lipinski definition) is 16. The first-order valence-corrected chi connectivity index (χ1v) is 14.1. The second-order valence-electron chi connectivity index (χ2n) is 10.8. The SMILES string of the molecule is CO[C@H]1OC(COCCOC(N)=O)[C@@H](O[C@H]2OC(COCCO)[C@@H](OC(C)(C)C)C(OCCO)C2O)C(OCCO)C1O. The van der Waals surface area contributed by atoms with Gasteiger partial charge in [-0.25, -0.2) is 4.79 Å². The van der Waals surface area contributed by atoms with Gasteiger partial charge in [-0.3, -0.25) is 0 Å². The van der Waals surface area contributed by atoms with Gasteiger partial charge in [0.1, 0.15) is 55.4 Å². The highest BCUT2D eigenvalue weighted by molar-refractivity contribution is 5.64. The van der Waals surface area contributed by atoms with Crippen molar-refractivity contribution < 1.29 is 77.7 Å². The van der Waals surface area contributed by atoms with Crippen molar-refractivity contribution in [2.45, 2.75) is 87.8 Å². The Kier molecular flexibility index (Phi) is 17.0. The van der Waals surface area contributed by atoms with E-state index >= 15 is 0 Å². The zero-order valence-corrected chi connectivity index (χ0v) is 25.1. The number of hydrogen-bond donors (Lipinski definition) is 6. The Morgan fingerprint density at radius 2 is 1.26 bits per heavy atom. The van der Waals surface area contributed by atoms with Crippen molar-refractivity contribution in [2.24, 2.45) is 5.73 Å². The molecule has 0 bridgehead atoms. The lowest BCUT2D eigenvalue weighted by Gasteiger charge is -2.49. The molecule has 0 saturated carbocycles. The maximum atomic E-state index is 11.4. The van der Waals surface area contributed by atoms with Crippen molar-refractivity contribution in [3.63, 3.8) is 0 Å². The van der Waals surface area contributed by atoms with E-state index in [1.807, 2.05) is 20.8 Å². The van der Waals surface area contributed by atoms with E-state index in [4.69, 9.17) is 48.4 Å². The molecule has 0 aromatic heterocycles. The van der Waals surface area contributed by atoms with E-state index in [2.05, 4.69) is 4.74 Å². The van der Waals surface area contributed by atoms with Crippen LogP contribution in [0, 0.1) is 0 Å². The summed E-state index contributed by atoms with van der Waals surface area (Å²) in [5.41, 5.74) is 4.28. The van der Waals surface area contributed by atoms with Gasteiger partial charge in [-0.15, -0.1) is 0 Å². The summed E-state index contributed by atoms with van der Waals surface area (Å²) >= 11 is 0. The van der Waals surface area contributed by atoms with Crippen LogP contribution in [0.2, 0.25) is 0 Å². The first-order valence-electron chi connectivity index (χ1n) is 14.1. The molecule has 43 heavy (non-hydrogen) atoms. The highest BCUT2D eigenvalue weighted by Gasteiger charge is 2.53. The minimum Gasteiger partial charge on any atom is -0.447 e. The lowest BCUT2D eigenvalue weighted by molar-refractivity contribution is -0.370. The fourth-order valence-electron chi connectivity index (χ4n) is 4.66. The molecule has 2 rings (SSSR count). The Morgan fingerprint density at radius 1 is 0.744 bits per heavy atom. The number of nitrogens with two attached hydrogens (primary N) is 1. The lowest BCUT2D eigenvalue weighted by atomic mass is 9.95. The highest BCUT2D eigenvalue weighted by Crippen LogP contribution is 2.34. The summed E-state index contributed by atoms with van der Waals surface area (Å²) in [5, 5.41) is 50.5. The second kappa shape index (κ2) is 19.3. The third kappa shape index (κ3) is 12.2. The molecule has 0 spiro atoms. The number of primary amides is 1. The number of ether oxygens (including phenoxy) is 10. The Labute approximate surface area is 250 Å². The Balaban J connectivity index is 2.37. The maximum absolute atomic E-state index is 11.4. The number of rotatable bonds is 19. The topological polar surface area (TPSA) is 237 Å². The summed E-state index contributed by atoms with van der Waals surface area (Å²) in [6, 6.07) is 0. The average molecular weight is 632 g/mol. The molecule has 0 aromatic rings. The molecule has 2 saturated heterocycles. The third-order valence-corrected chi connectivity index (χ3v) is 6.32. The predicted molar refractivity (Wildman–Crippen MR) is 144 cm³/mol. The summed E-state index contributed by atoms with van der Waals surface area (Å²) in [7, 11) is 1.32. The van der Waals surface area contributed by atoms with Crippen LogP contribution in [0.25, 0.3) is 0 Å². The van der Waals surface area contributed by atoms with E-state index < -0.39 is 73.1 Å². The quantitative estimate of drug-likeness (QED) is 0.0792. The number of aliphatic hydroxyl groups excluding tert-OH is 5. The second-order valence-corrected chi connectivity index (χ2v) is 10.8. The minimum atomic E-state index is -1.48. The molecule has 0 aromatic carbocycles. The van der Waals surface area contributed by atoms with Crippen LogP contribution in [0.4, 0.5) is 4.79 Å². The van der Waals surface area contributed by atoms with E-state index in [1.54, 1.807) is 0 Å². The number of carbonyl (C=O) groups is 1. The van der Waals surface area contributed by atoms with Gasteiger partial charge in [-0.05, 0) is 20.8 Å². The van der Waals surface area contributed by atoms with Crippen molar-refractivity contribution >= 4 is 6.09 Å². The molecule has 1 amide bonds. The van der Waals surface area contributed by atoms with Gasteiger partial charge in [0.25, 0.3) is 0 Å². The van der Waals surface area contributed by atoms with Gasteiger partial charge in [-0.2, -0.15) is 0 Å². The van der Waals surface area contributed by atoms with Crippen molar-refractivity contribution in [1.82, 2.24) is 0 Å². The zero-order valence-electron chi connectivity index (χ0n) is 25.1. The van der Waals surface area contributed by atoms with Gasteiger partial charge in [0.15, 0.2) is 12.6 Å². The molecular formula is C26H49NO16. The molecule has 17 nitrogen and oxygen atoms in total. The summed E-state index contributed by atoms with van der Waals surface area (Å²) in [4.78, 5) is 10.9. The number of amides is 1. The molecule has 254 valence electrons. The van der Waals surface area contributed by atoms with Crippen molar-refractivity contribution in [3.05, 3.63) is 0 Å². The van der Waals surface area contributed by atoms with Gasteiger partial charge in [0.05, 0.1) is 65.1 Å². The van der Waals surface area contributed by atoms with Crippen molar-refractivity contribution in [2.75, 3.05) is 73.2 Å². The molecule has 6 unspecified atom stereocenters. The number of methoxy groups -OCH3 is 1. The van der Waals surface area contributed by atoms with E-state index in [0.29, 0.717) is 0 Å². The van der Waals surface area contributed by atoms with Crippen LogP contribution >= 0.6 is 0 Å². The molecular weight excluding hydrogens is 582 g/mol. The number of carbonyl (C=O) groups excluding carboxylic acids is 1. The van der Waals surface area contributed by atoms with Crippen LogP contribution in [0.3, 0.4) is 0 Å². The van der Waals surface area contributed by atoms with Crippen LogP contribution in [-0.4, -0.2) is 172 Å².